The van der Waals surface area contributed by atoms with E-state index in [2.05, 4.69) is 14.9 Å². The molecule has 1 heterocycles. The van der Waals surface area contributed by atoms with Crippen LogP contribution in [0.15, 0.2) is 23.1 Å². The molecule has 1 aromatic carbocycles. The van der Waals surface area contributed by atoms with Gasteiger partial charge in [0.05, 0.1) is 22.0 Å². The van der Waals surface area contributed by atoms with Crippen LogP contribution in [0.1, 0.15) is 11.4 Å². The van der Waals surface area contributed by atoms with E-state index in [1.54, 1.807) is 13.8 Å². The number of anilines is 2. The number of benzene rings is 1. The van der Waals surface area contributed by atoms with Crippen molar-refractivity contribution in [2.75, 3.05) is 10.5 Å². The fourth-order valence-electron chi connectivity index (χ4n) is 1.79. The molecule has 2 rings (SSSR count). The van der Waals surface area contributed by atoms with E-state index >= 15 is 0 Å². The van der Waals surface area contributed by atoms with Crippen molar-refractivity contribution in [2.24, 2.45) is 0 Å². The minimum absolute atomic E-state index is 0.113. The number of rotatable bonds is 4. The standard InChI is InChI=1S/C11H13N5O4S/c1-6-11(7(2)14-13-6)15-21(19,20)10-5-8(12)3-4-9(10)16(17)18/h3-5,15H,12H2,1-2H3,(H,13,14). The third-order valence-corrected chi connectivity index (χ3v) is 4.21. The largest absolute Gasteiger partial charge is 0.399 e. The minimum atomic E-state index is -4.16. The molecule has 0 aliphatic heterocycles. The summed E-state index contributed by atoms with van der Waals surface area (Å²) in [5, 5.41) is 17.5. The average molecular weight is 311 g/mol. The lowest BCUT2D eigenvalue weighted by molar-refractivity contribution is -0.387. The maximum absolute atomic E-state index is 12.4. The second-order valence-corrected chi connectivity index (χ2v) is 6.05. The molecule has 0 amide bonds. The molecule has 0 saturated carbocycles. The zero-order valence-electron chi connectivity index (χ0n) is 11.2. The fraction of sp³-hybridized carbons (Fsp3) is 0.182. The average Bonchev–Trinajstić information content (AvgIpc) is 2.70. The lowest BCUT2D eigenvalue weighted by Crippen LogP contribution is -2.16. The third-order valence-electron chi connectivity index (χ3n) is 2.83. The van der Waals surface area contributed by atoms with Crippen LogP contribution in [0.4, 0.5) is 17.1 Å². The number of nitrogens with zero attached hydrogens (tertiary/aromatic N) is 2. The van der Waals surface area contributed by atoms with Gasteiger partial charge in [-0.15, -0.1) is 0 Å². The van der Waals surface area contributed by atoms with Crippen molar-refractivity contribution in [1.82, 2.24) is 10.2 Å². The second-order valence-electron chi connectivity index (χ2n) is 4.40. The zero-order chi connectivity index (χ0) is 15.8. The number of aryl methyl sites for hydroxylation is 2. The highest BCUT2D eigenvalue weighted by Crippen LogP contribution is 2.29. The summed E-state index contributed by atoms with van der Waals surface area (Å²) in [5.74, 6) is 0. The van der Waals surface area contributed by atoms with Crippen molar-refractivity contribution >= 4 is 27.1 Å². The quantitative estimate of drug-likeness (QED) is 0.441. The Morgan fingerprint density at radius 3 is 2.57 bits per heavy atom. The molecule has 10 heteroatoms. The Hall–Kier alpha value is -2.62. The molecular weight excluding hydrogens is 298 g/mol. The number of hydrogen-bond acceptors (Lipinski definition) is 6. The van der Waals surface area contributed by atoms with Crippen LogP contribution in [0.5, 0.6) is 0 Å². The van der Waals surface area contributed by atoms with Crippen LogP contribution in [0.25, 0.3) is 0 Å². The van der Waals surface area contributed by atoms with Gasteiger partial charge in [0.2, 0.25) is 0 Å². The number of aromatic nitrogens is 2. The summed E-state index contributed by atoms with van der Waals surface area (Å²) in [6.07, 6.45) is 0. The van der Waals surface area contributed by atoms with Gasteiger partial charge in [-0.25, -0.2) is 8.42 Å². The number of nitrogen functional groups attached to an aromatic ring is 1. The molecular formula is C11H13N5O4S. The molecule has 1 aromatic heterocycles. The number of aromatic amines is 1. The lowest BCUT2D eigenvalue weighted by atomic mass is 10.3. The number of nitrogens with two attached hydrogens (primary N) is 1. The third kappa shape index (κ3) is 2.79. The molecule has 0 atom stereocenters. The maximum atomic E-state index is 12.4. The predicted octanol–water partition coefficient (Wildman–Crippen LogP) is 1.32. The Kier molecular flexibility index (Phi) is 3.56. The van der Waals surface area contributed by atoms with Crippen LogP contribution in [0, 0.1) is 24.0 Å². The van der Waals surface area contributed by atoms with E-state index in [9.17, 15) is 18.5 Å². The molecule has 0 bridgehead atoms. The van der Waals surface area contributed by atoms with E-state index in [4.69, 9.17) is 5.73 Å². The van der Waals surface area contributed by atoms with E-state index in [1.165, 1.54) is 6.07 Å². The van der Waals surface area contributed by atoms with Gasteiger partial charge in [0.25, 0.3) is 15.7 Å². The molecule has 4 N–H and O–H groups in total. The Balaban J connectivity index is 2.55. The Morgan fingerprint density at radius 1 is 1.38 bits per heavy atom. The maximum Gasteiger partial charge on any atom is 0.290 e. The molecule has 2 aromatic rings. The van der Waals surface area contributed by atoms with Crippen LogP contribution < -0.4 is 10.5 Å². The van der Waals surface area contributed by atoms with E-state index in [-0.39, 0.29) is 11.4 Å². The molecule has 0 saturated heterocycles. The minimum Gasteiger partial charge on any atom is -0.399 e. The number of hydrogen-bond donors (Lipinski definition) is 3. The highest BCUT2D eigenvalue weighted by molar-refractivity contribution is 7.92. The molecule has 9 nitrogen and oxygen atoms in total. The molecule has 0 aliphatic carbocycles. The molecule has 0 unspecified atom stereocenters. The molecule has 0 radical (unpaired) electrons. The highest BCUT2D eigenvalue weighted by atomic mass is 32.2. The van der Waals surface area contributed by atoms with Crippen molar-refractivity contribution < 1.29 is 13.3 Å². The number of nitrogens with one attached hydrogen (secondary N) is 2. The van der Waals surface area contributed by atoms with Gasteiger partial charge < -0.3 is 5.73 Å². The monoisotopic (exact) mass is 311 g/mol. The van der Waals surface area contributed by atoms with Crippen molar-refractivity contribution in [2.45, 2.75) is 18.7 Å². The summed E-state index contributed by atoms with van der Waals surface area (Å²) in [5.41, 5.74) is 6.28. The summed E-state index contributed by atoms with van der Waals surface area (Å²) >= 11 is 0. The topological polar surface area (TPSA) is 144 Å². The molecule has 0 aliphatic rings. The van der Waals surface area contributed by atoms with Gasteiger partial charge in [0.1, 0.15) is 0 Å². The van der Waals surface area contributed by atoms with E-state index in [0.717, 1.165) is 12.1 Å². The van der Waals surface area contributed by atoms with Crippen molar-refractivity contribution in [3.63, 3.8) is 0 Å². The van der Waals surface area contributed by atoms with E-state index < -0.39 is 25.5 Å². The SMILES string of the molecule is Cc1n[nH]c(C)c1NS(=O)(=O)c1cc(N)ccc1[N+](=O)[O-]. The Labute approximate surface area is 120 Å². The Morgan fingerprint density at radius 2 is 2.05 bits per heavy atom. The van der Waals surface area contributed by atoms with Crippen LogP contribution in [0.3, 0.4) is 0 Å². The first-order valence-electron chi connectivity index (χ1n) is 5.80. The normalized spacial score (nSPS) is 11.3. The van der Waals surface area contributed by atoms with E-state index in [0.29, 0.717) is 11.4 Å². The van der Waals surface area contributed by atoms with Crippen molar-refractivity contribution in [3.05, 3.63) is 39.7 Å². The number of nitro benzene ring substituents is 1. The van der Waals surface area contributed by atoms with E-state index in [1.807, 2.05) is 0 Å². The first kappa shape index (κ1) is 14.8. The van der Waals surface area contributed by atoms with Crippen molar-refractivity contribution in [3.8, 4) is 0 Å². The van der Waals surface area contributed by atoms with Crippen LogP contribution in [-0.2, 0) is 10.0 Å². The Bertz CT molecular complexity index is 793. The van der Waals surface area contributed by atoms with Crippen LogP contribution in [-0.4, -0.2) is 23.5 Å². The first-order valence-corrected chi connectivity index (χ1v) is 7.29. The van der Waals surface area contributed by atoms with Gasteiger partial charge in [-0.2, -0.15) is 5.10 Å². The van der Waals surface area contributed by atoms with Gasteiger partial charge in [0.15, 0.2) is 4.90 Å². The second kappa shape index (κ2) is 5.05. The van der Waals surface area contributed by atoms with Crippen LogP contribution in [0.2, 0.25) is 0 Å². The summed E-state index contributed by atoms with van der Waals surface area (Å²) in [4.78, 5) is 9.70. The zero-order valence-corrected chi connectivity index (χ0v) is 12.1. The molecule has 112 valence electrons. The van der Waals surface area contributed by atoms with Gasteiger partial charge in [0, 0.05) is 11.8 Å². The molecule has 0 fully saturated rings. The highest BCUT2D eigenvalue weighted by Gasteiger charge is 2.27. The molecule has 21 heavy (non-hydrogen) atoms. The summed E-state index contributed by atoms with van der Waals surface area (Å²) in [7, 11) is -4.16. The fourth-order valence-corrected chi connectivity index (χ4v) is 3.18. The number of nitro groups is 1. The summed E-state index contributed by atoms with van der Waals surface area (Å²) < 4.78 is 27.0. The summed E-state index contributed by atoms with van der Waals surface area (Å²) in [6.45, 7) is 3.24. The number of sulfonamides is 1. The van der Waals surface area contributed by atoms with Gasteiger partial charge >= 0.3 is 0 Å². The lowest BCUT2D eigenvalue weighted by Gasteiger charge is -2.09. The van der Waals surface area contributed by atoms with Crippen LogP contribution >= 0.6 is 0 Å². The van der Waals surface area contributed by atoms with Gasteiger partial charge in [-0.1, -0.05) is 0 Å². The van der Waals surface area contributed by atoms with Crippen molar-refractivity contribution in [1.29, 1.82) is 0 Å². The van der Waals surface area contributed by atoms with Gasteiger partial charge in [-0.05, 0) is 26.0 Å². The predicted molar refractivity (Wildman–Crippen MR) is 76.4 cm³/mol. The molecule has 0 spiro atoms. The smallest absolute Gasteiger partial charge is 0.290 e. The first-order chi connectivity index (χ1) is 9.72. The summed E-state index contributed by atoms with van der Waals surface area (Å²) in [6, 6.07) is 3.37. The van der Waals surface area contributed by atoms with Gasteiger partial charge in [-0.3, -0.25) is 19.9 Å². The number of H-pyrrole nitrogens is 1.